The molecule has 0 spiro atoms. The number of sulfonamides is 1. The minimum Gasteiger partial charge on any atom is -0.490 e. The van der Waals surface area contributed by atoms with Crippen molar-refractivity contribution in [3.8, 4) is 11.5 Å². The molecule has 1 saturated heterocycles. The number of nitrogens with zero attached hydrogens (tertiary/aromatic N) is 2. The highest BCUT2D eigenvalue weighted by Crippen LogP contribution is 2.33. The summed E-state index contributed by atoms with van der Waals surface area (Å²) in [4.78, 5) is 14.7. The third-order valence-electron chi connectivity index (χ3n) is 6.18. The molecule has 0 unspecified atom stereocenters. The number of hydrogen-bond donors (Lipinski definition) is 1. The van der Waals surface area contributed by atoms with E-state index in [1.54, 1.807) is 24.3 Å². The van der Waals surface area contributed by atoms with Crippen LogP contribution in [-0.4, -0.2) is 75.5 Å². The van der Waals surface area contributed by atoms with Crippen molar-refractivity contribution in [2.24, 2.45) is 0 Å². The fourth-order valence-corrected chi connectivity index (χ4v) is 5.52. The third-order valence-corrected chi connectivity index (χ3v) is 8.08. The van der Waals surface area contributed by atoms with Crippen LogP contribution in [0.4, 0.5) is 4.39 Å². The topological polar surface area (TPSA) is 88.2 Å². The van der Waals surface area contributed by atoms with E-state index in [2.05, 4.69) is 5.32 Å². The van der Waals surface area contributed by atoms with Gasteiger partial charge in [0.05, 0.1) is 24.2 Å². The second kappa shape index (κ2) is 10.7. The van der Waals surface area contributed by atoms with Crippen molar-refractivity contribution in [2.75, 3.05) is 45.9 Å². The summed E-state index contributed by atoms with van der Waals surface area (Å²) < 4.78 is 52.0. The average Bonchev–Trinajstić information content (AvgIpc) is 3.10. The number of carbonyl (C=O) groups excluding carboxylic acids is 1. The van der Waals surface area contributed by atoms with Crippen LogP contribution in [0.5, 0.6) is 11.5 Å². The van der Waals surface area contributed by atoms with Crippen LogP contribution in [0.25, 0.3) is 0 Å². The van der Waals surface area contributed by atoms with E-state index >= 15 is 0 Å². The van der Waals surface area contributed by atoms with E-state index < -0.39 is 10.0 Å². The van der Waals surface area contributed by atoms with Crippen molar-refractivity contribution in [3.63, 3.8) is 0 Å². The monoisotopic (exact) mass is 491 g/mol. The van der Waals surface area contributed by atoms with Gasteiger partial charge in [-0.2, -0.15) is 4.31 Å². The Morgan fingerprint density at radius 1 is 1.03 bits per heavy atom. The molecular formula is C24H30FN3O5S. The lowest BCUT2D eigenvalue weighted by molar-refractivity contribution is -0.126. The number of nitrogens with one attached hydrogen (secondary N) is 1. The first kappa shape index (κ1) is 24.4. The van der Waals surface area contributed by atoms with Crippen LogP contribution in [0.2, 0.25) is 0 Å². The van der Waals surface area contributed by atoms with Gasteiger partial charge in [-0.05, 0) is 43.2 Å². The van der Waals surface area contributed by atoms with E-state index in [0.717, 1.165) is 12.0 Å². The van der Waals surface area contributed by atoms with Crippen LogP contribution < -0.4 is 14.8 Å². The minimum atomic E-state index is -3.68. The number of ether oxygens (including phenoxy) is 2. The van der Waals surface area contributed by atoms with E-state index in [0.29, 0.717) is 63.9 Å². The molecule has 4 rings (SSSR count). The smallest absolute Gasteiger partial charge is 0.243 e. The predicted molar refractivity (Wildman–Crippen MR) is 125 cm³/mol. The van der Waals surface area contributed by atoms with Crippen LogP contribution in [0.3, 0.4) is 0 Å². The molecule has 1 amide bonds. The van der Waals surface area contributed by atoms with Crippen LogP contribution >= 0.6 is 0 Å². The summed E-state index contributed by atoms with van der Waals surface area (Å²) in [7, 11) is -3.68. The normalized spacial score (nSPS) is 18.2. The van der Waals surface area contributed by atoms with E-state index in [4.69, 9.17) is 9.47 Å². The second-order valence-electron chi connectivity index (χ2n) is 8.44. The lowest BCUT2D eigenvalue weighted by atomic mass is 10.1. The highest BCUT2D eigenvalue weighted by Gasteiger charge is 2.32. The molecule has 1 N–H and O–H groups in total. The standard InChI is InChI=1S/C24H30FN3O5S/c1-18(24(29)26-10-9-19-3-5-20(25)6-4-19)27-11-13-28(14-12-27)34(30,31)21-7-8-22-23(17-21)33-16-2-15-32-22/h3-8,17-18H,2,9-16H2,1H3,(H,26,29)/t18-/m0/s1. The highest BCUT2D eigenvalue weighted by atomic mass is 32.2. The Bertz CT molecular complexity index is 1100. The maximum Gasteiger partial charge on any atom is 0.243 e. The lowest BCUT2D eigenvalue weighted by Gasteiger charge is -2.36. The maximum atomic E-state index is 13.2. The van der Waals surface area contributed by atoms with Gasteiger partial charge in [0.2, 0.25) is 15.9 Å². The molecule has 34 heavy (non-hydrogen) atoms. The van der Waals surface area contributed by atoms with Gasteiger partial charge in [-0.25, -0.2) is 12.8 Å². The number of amides is 1. The summed E-state index contributed by atoms with van der Waals surface area (Å²) >= 11 is 0. The highest BCUT2D eigenvalue weighted by molar-refractivity contribution is 7.89. The summed E-state index contributed by atoms with van der Waals surface area (Å²) in [5.74, 6) is 0.608. The zero-order valence-electron chi connectivity index (χ0n) is 19.2. The molecule has 0 aromatic heterocycles. The zero-order valence-corrected chi connectivity index (χ0v) is 20.0. The zero-order chi connectivity index (χ0) is 24.1. The Morgan fingerprint density at radius 2 is 1.71 bits per heavy atom. The van der Waals surface area contributed by atoms with Crippen molar-refractivity contribution in [1.29, 1.82) is 0 Å². The SMILES string of the molecule is C[C@@H](C(=O)NCCc1ccc(F)cc1)N1CCN(S(=O)(=O)c2ccc3c(c2)OCCCO3)CC1. The molecule has 0 radical (unpaired) electrons. The van der Waals surface area contributed by atoms with Gasteiger partial charge < -0.3 is 14.8 Å². The lowest BCUT2D eigenvalue weighted by Crippen LogP contribution is -2.55. The fraction of sp³-hybridized carbons (Fsp3) is 0.458. The van der Waals surface area contributed by atoms with E-state index in [9.17, 15) is 17.6 Å². The van der Waals surface area contributed by atoms with Crippen LogP contribution in [0.15, 0.2) is 47.4 Å². The van der Waals surface area contributed by atoms with Gasteiger partial charge in [-0.15, -0.1) is 0 Å². The van der Waals surface area contributed by atoms with Gasteiger partial charge in [-0.3, -0.25) is 9.69 Å². The number of carbonyl (C=O) groups is 1. The van der Waals surface area contributed by atoms with Gasteiger partial charge in [0.25, 0.3) is 0 Å². The Morgan fingerprint density at radius 3 is 2.41 bits per heavy atom. The summed E-state index contributed by atoms with van der Waals surface area (Å²) in [6, 6.07) is 10.5. The summed E-state index contributed by atoms with van der Waals surface area (Å²) in [5, 5.41) is 2.91. The molecule has 0 bridgehead atoms. The Kier molecular flexibility index (Phi) is 7.70. The van der Waals surface area contributed by atoms with Gasteiger partial charge >= 0.3 is 0 Å². The van der Waals surface area contributed by atoms with Gasteiger partial charge in [0.1, 0.15) is 5.82 Å². The molecule has 184 valence electrons. The molecule has 2 aromatic rings. The molecule has 2 aromatic carbocycles. The van der Waals surface area contributed by atoms with E-state index in [1.165, 1.54) is 22.5 Å². The molecular weight excluding hydrogens is 461 g/mol. The number of rotatable bonds is 7. The fourth-order valence-electron chi connectivity index (χ4n) is 4.08. The first-order valence-electron chi connectivity index (χ1n) is 11.5. The van der Waals surface area contributed by atoms with Crippen LogP contribution in [0.1, 0.15) is 18.9 Å². The van der Waals surface area contributed by atoms with Gasteiger partial charge in [-0.1, -0.05) is 12.1 Å². The van der Waals surface area contributed by atoms with Crippen molar-refractivity contribution < 1.29 is 27.1 Å². The number of benzene rings is 2. The van der Waals surface area contributed by atoms with Gasteiger partial charge in [0, 0.05) is 45.2 Å². The van der Waals surface area contributed by atoms with Gasteiger partial charge in [0.15, 0.2) is 11.5 Å². The Balaban J connectivity index is 1.29. The second-order valence-corrected chi connectivity index (χ2v) is 10.4. The first-order chi connectivity index (χ1) is 16.3. The molecule has 2 aliphatic heterocycles. The van der Waals surface area contributed by atoms with E-state index in [-0.39, 0.29) is 22.7 Å². The molecule has 2 aliphatic rings. The molecule has 0 saturated carbocycles. The summed E-state index contributed by atoms with van der Waals surface area (Å²) in [6.07, 6.45) is 1.36. The minimum absolute atomic E-state index is 0.110. The quantitative estimate of drug-likeness (QED) is 0.638. The molecule has 1 atom stereocenters. The average molecular weight is 492 g/mol. The Labute approximate surface area is 199 Å². The first-order valence-corrected chi connectivity index (χ1v) is 12.9. The molecule has 0 aliphatic carbocycles. The largest absolute Gasteiger partial charge is 0.490 e. The molecule has 8 nitrogen and oxygen atoms in total. The predicted octanol–water partition coefficient (Wildman–Crippen LogP) is 2.04. The number of hydrogen-bond acceptors (Lipinski definition) is 6. The Hall–Kier alpha value is -2.69. The number of piperazine rings is 1. The van der Waals surface area contributed by atoms with Crippen molar-refractivity contribution in [2.45, 2.75) is 30.7 Å². The van der Waals surface area contributed by atoms with Crippen LogP contribution in [0, 0.1) is 5.82 Å². The maximum absolute atomic E-state index is 13.2. The summed E-state index contributed by atoms with van der Waals surface area (Å²) in [5.41, 5.74) is 0.947. The molecule has 2 heterocycles. The third kappa shape index (κ3) is 5.68. The molecule has 10 heteroatoms. The van der Waals surface area contributed by atoms with Crippen LogP contribution in [-0.2, 0) is 21.2 Å². The van der Waals surface area contributed by atoms with Crippen molar-refractivity contribution in [3.05, 3.63) is 53.8 Å². The number of fused-ring (bicyclic) bond motifs is 1. The van der Waals surface area contributed by atoms with Crippen molar-refractivity contribution in [1.82, 2.24) is 14.5 Å². The van der Waals surface area contributed by atoms with E-state index in [1.807, 2.05) is 11.8 Å². The summed E-state index contributed by atoms with van der Waals surface area (Å²) in [6.45, 7) is 4.80. The molecule has 1 fully saturated rings. The van der Waals surface area contributed by atoms with Crippen molar-refractivity contribution >= 4 is 15.9 Å². The number of halogens is 1.